The zero-order valence-corrected chi connectivity index (χ0v) is 13.1. The lowest BCUT2D eigenvalue weighted by Gasteiger charge is -2.24. The van der Waals surface area contributed by atoms with E-state index in [2.05, 4.69) is 50.0 Å². The summed E-state index contributed by atoms with van der Waals surface area (Å²) in [5.74, 6) is 0.158. The molecule has 1 aromatic rings. The van der Waals surface area contributed by atoms with Crippen LogP contribution in [-0.4, -0.2) is 29.9 Å². The second-order valence-electron chi connectivity index (χ2n) is 5.96. The normalized spacial score (nSPS) is 19.3. The van der Waals surface area contributed by atoms with Gasteiger partial charge in [-0.15, -0.1) is 0 Å². The van der Waals surface area contributed by atoms with Crippen molar-refractivity contribution in [3.05, 3.63) is 28.8 Å². The van der Waals surface area contributed by atoms with Gasteiger partial charge in [-0.25, -0.2) is 0 Å². The first-order valence-corrected chi connectivity index (χ1v) is 7.65. The number of carbonyl (C=O) groups excluding carboxylic acids is 1. The minimum atomic E-state index is 0.0510. The van der Waals surface area contributed by atoms with E-state index in [-0.39, 0.29) is 11.9 Å². The Kier molecular flexibility index (Phi) is 4.81. The van der Waals surface area contributed by atoms with E-state index in [9.17, 15) is 4.79 Å². The quantitative estimate of drug-likeness (QED) is 0.912. The highest BCUT2D eigenvalue weighted by atomic mass is 16.2. The van der Waals surface area contributed by atoms with Crippen LogP contribution in [0.15, 0.2) is 12.1 Å². The molecule has 0 spiro atoms. The van der Waals surface area contributed by atoms with Gasteiger partial charge in [-0.3, -0.25) is 9.69 Å². The molecule has 1 atom stereocenters. The van der Waals surface area contributed by atoms with Crippen LogP contribution < -0.4 is 5.32 Å². The predicted molar refractivity (Wildman–Crippen MR) is 84.2 cm³/mol. The molecule has 110 valence electrons. The van der Waals surface area contributed by atoms with Crippen molar-refractivity contribution in [1.82, 2.24) is 4.90 Å². The highest BCUT2D eigenvalue weighted by molar-refractivity contribution is 5.96. The van der Waals surface area contributed by atoms with Crippen LogP contribution in [0.3, 0.4) is 0 Å². The second kappa shape index (κ2) is 6.40. The summed E-state index contributed by atoms with van der Waals surface area (Å²) in [4.78, 5) is 14.9. The van der Waals surface area contributed by atoms with Gasteiger partial charge in [0.15, 0.2) is 0 Å². The van der Waals surface area contributed by atoms with Crippen molar-refractivity contribution in [2.75, 3.05) is 18.4 Å². The van der Waals surface area contributed by atoms with Crippen molar-refractivity contribution in [2.45, 2.75) is 53.0 Å². The van der Waals surface area contributed by atoms with Crippen molar-refractivity contribution in [3.63, 3.8) is 0 Å². The average molecular weight is 274 g/mol. The van der Waals surface area contributed by atoms with Gasteiger partial charge in [-0.05, 0) is 64.3 Å². The fourth-order valence-corrected chi connectivity index (χ4v) is 3.26. The monoisotopic (exact) mass is 274 g/mol. The molecule has 1 saturated heterocycles. The molecule has 1 N–H and O–H groups in total. The topological polar surface area (TPSA) is 32.3 Å². The van der Waals surface area contributed by atoms with Gasteiger partial charge in [0.2, 0.25) is 5.91 Å². The van der Waals surface area contributed by atoms with E-state index in [1.54, 1.807) is 0 Å². The molecule has 0 radical (unpaired) electrons. The Morgan fingerprint density at radius 1 is 1.30 bits per heavy atom. The van der Waals surface area contributed by atoms with Crippen molar-refractivity contribution in [2.24, 2.45) is 0 Å². The molecule has 0 aromatic heterocycles. The summed E-state index contributed by atoms with van der Waals surface area (Å²) in [5.41, 5.74) is 4.53. The number of hydrogen-bond donors (Lipinski definition) is 1. The van der Waals surface area contributed by atoms with E-state index in [0.717, 1.165) is 49.2 Å². The minimum Gasteiger partial charge on any atom is -0.324 e. The number of aryl methyl sites for hydroxylation is 3. The van der Waals surface area contributed by atoms with Gasteiger partial charge >= 0.3 is 0 Å². The lowest BCUT2D eigenvalue weighted by atomic mass is 10.0. The number of carbonyl (C=O) groups is 1. The van der Waals surface area contributed by atoms with Crippen LogP contribution in [0.25, 0.3) is 0 Å². The minimum absolute atomic E-state index is 0.0510. The summed E-state index contributed by atoms with van der Waals surface area (Å²) in [6.07, 6.45) is 3.21. The predicted octanol–water partition coefficient (Wildman–Crippen LogP) is 3.42. The van der Waals surface area contributed by atoms with Crippen molar-refractivity contribution < 1.29 is 4.79 Å². The highest BCUT2D eigenvalue weighted by Gasteiger charge is 2.30. The van der Waals surface area contributed by atoms with E-state index >= 15 is 0 Å². The molecule has 3 nitrogen and oxygen atoms in total. The first-order valence-electron chi connectivity index (χ1n) is 7.65. The van der Waals surface area contributed by atoms with E-state index in [0.29, 0.717) is 0 Å². The van der Waals surface area contributed by atoms with E-state index in [1.165, 1.54) is 5.56 Å². The fraction of sp³-hybridized carbons (Fsp3) is 0.588. The Hall–Kier alpha value is -1.35. The Labute approximate surface area is 122 Å². The van der Waals surface area contributed by atoms with Crippen LogP contribution in [0.2, 0.25) is 0 Å². The molecule has 0 bridgehead atoms. The molecule has 1 fully saturated rings. The number of nitrogens with zero attached hydrogens (tertiary/aromatic N) is 1. The molecule has 3 heteroatoms. The lowest BCUT2D eigenvalue weighted by Crippen LogP contribution is -2.40. The van der Waals surface area contributed by atoms with Crippen LogP contribution in [0, 0.1) is 20.8 Å². The molecule has 1 aliphatic rings. The zero-order chi connectivity index (χ0) is 14.7. The number of anilines is 1. The maximum absolute atomic E-state index is 12.5. The zero-order valence-electron chi connectivity index (χ0n) is 13.1. The number of nitrogens with one attached hydrogen (secondary N) is 1. The SMILES string of the molecule is CCCN1CCC[C@H]1C(=O)Nc1c(C)cc(C)cc1C. The molecule has 0 saturated carbocycles. The van der Waals surface area contributed by atoms with Crippen LogP contribution in [0.4, 0.5) is 5.69 Å². The third-order valence-corrected chi connectivity index (χ3v) is 4.10. The Morgan fingerprint density at radius 2 is 1.95 bits per heavy atom. The van der Waals surface area contributed by atoms with Crippen molar-refractivity contribution in [3.8, 4) is 0 Å². The van der Waals surface area contributed by atoms with E-state index in [4.69, 9.17) is 0 Å². The second-order valence-corrected chi connectivity index (χ2v) is 5.96. The van der Waals surface area contributed by atoms with Gasteiger partial charge in [0.1, 0.15) is 0 Å². The molecule has 0 aliphatic carbocycles. The summed E-state index contributed by atoms with van der Waals surface area (Å²) < 4.78 is 0. The summed E-state index contributed by atoms with van der Waals surface area (Å²) in [6.45, 7) is 10.5. The standard InChI is InChI=1S/C17H26N2O/c1-5-8-19-9-6-7-15(19)17(20)18-16-13(3)10-12(2)11-14(16)4/h10-11,15H,5-9H2,1-4H3,(H,18,20)/t15-/m0/s1. The Bertz CT molecular complexity index is 473. The molecule has 0 unspecified atom stereocenters. The molecule has 1 aromatic carbocycles. The Morgan fingerprint density at radius 3 is 2.55 bits per heavy atom. The van der Waals surface area contributed by atoms with Gasteiger partial charge in [0.05, 0.1) is 6.04 Å². The fourth-order valence-electron chi connectivity index (χ4n) is 3.26. The molecule has 2 rings (SSSR count). The van der Waals surface area contributed by atoms with E-state index < -0.39 is 0 Å². The molecule has 1 aliphatic heterocycles. The summed E-state index contributed by atoms with van der Waals surface area (Å²) in [5, 5.41) is 3.16. The Balaban J connectivity index is 2.12. The van der Waals surface area contributed by atoms with Crippen molar-refractivity contribution >= 4 is 11.6 Å². The maximum Gasteiger partial charge on any atom is 0.241 e. The van der Waals surface area contributed by atoms with Crippen LogP contribution in [0.5, 0.6) is 0 Å². The first-order chi connectivity index (χ1) is 9.52. The van der Waals surface area contributed by atoms with Gasteiger partial charge in [0.25, 0.3) is 0 Å². The third kappa shape index (κ3) is 3.21. The molecule has 1 amide bonds. The van der Waals surface area contributed by atoms with Gasteiger partial charge < -0.3 is 5.32 Å². The van der Waals surface area contributed by atoms with E-state index in [1.807, 2.05) is 0 Å². The largest absolute Gasteiger partial charge is 0.324 e. The van der Waals surface area contributed by atoms with Gasteiger partial charge in [-0.1, -0.05) is 24.6 Å². The summed E-state index contributed by atoms with van der Waals surface area (Å²) in [6, 6.07) is 4.30. The summed E-state index contributed by atoms with van der Waals surface area (Å²) in [7, 11) is 0. The first kappa shape index (κ1) is 15.0. The maximum atomic E-state index is 12.5. The van der Waals surface area contributed by atoms with Gasteiger partial charge in [0, 0.05) is 5.69 Å². The number of benzene rings is 1. The smallest absolute Gasteiger partial charge is 0.241 e. The number of rotatable bonds is 4. The number of likely N-dealkylation sites (tertiary alicyclic amines) is 1. The molecule has 20 heavy (non-hydrogen) atoms. The molecular formula is C17H26N2O. The van der Waals surface area contributed by atoms with Crippen LogP contribution in [-0.2, 0) is 4.79 Å². The third-order valence-electron chi connectivity index (χ3n) is 4.10. The average Bonchev–Trinajstić information content (AvgIpc) is 2.82. The molecule has 1 heterocycles. The van der Waals surface area contributed by atoms with Gasteiger partial charge in [-0.2, -0.15) is 0 Å². The number of hydrogen-bond acceptors (Lipinski definition) is 2. The summed E-state index contributed by atoms with van der Waals surface area (Å²) >= 11 is 0. The van der Waals surface area contributed by atoms with Crippen LogP contribution >= 0.6 is 0 Å². The molecular weight excluding hydrogens is 248 g/mol. The van der Waals surface area contributed by atoms with Crippen LogP contribution in [0.1, 0.15) is 42.9 Å². The lowest BCUT2D eigenvalue weighted by molar-refractivity contribution is -0.120. The van der Waals surface area contributed by atoms with Crippen molar-refractivity contribution in [1.29, 1.82) is 0 Å². The highest BCUT2D eigenvalue weighted by Crippen LogP contribution is 2.24. The number of amides is 1.